The van der Waals surface area contributed by atoms with E-state index in [0.717, 1.165) is 17.5 Å². The van der Waals surface area contributed by atoms with Crippen LogP contribution in [0.1, 0.15) is 21.5 Å². The van der Waals surface area contributed by atoms with E-state index in [9.17, 15) is 9.90 Å². The molecule has 0 atom stereocenters. The summed E-state index contributed by atoms with van der Waals surface area (Å²) in [6.07, 6.45) is 0.757. The van der Waals surface area contributed by atoms with Crippen molar-refractivity contribution in [2.24, 2.45) is 0 Å². The lowest BCUT2D eigenvalue weighted by atomic mass is 10.1. The van der Waals surface area contributed by atoms with Gasteiger partial charge in [0.25, 0.3) is 0 Å². The van der Waals surface area contributed by atoms with Gasteiger partial charge < -0.3 is 15.5 Å². The monoisotopic (exact) mass is 271 g/mol. The number of nitrogens with one attached hydrogen (secondary N) is 1. The first kappa shape index (κ1) is 13.9. The molecule has 2 rings (SSSR count). The van der Waals surface area contributed by atoms with Gasteiger partial charge in [0.1, 0.15) is 5.75 Å². The predicted molar refractivity (Wildman–Crippen MR) is 78.4 cm³/mol. The Balaban J connectivity index is 2.02. The molecule has 0 fully saturated rings. The minimum atomic E-state index is -0.933. The molecule has 0 aliphatic carbocycles. The van der Waals surface area contributed by atoms with Crippen molar-refractivity contribution >= 4 is 11.7 Å². The summed E-state index contributed by atoms with van der Waals surface area (Å²) in [5.41, 5.74) is 3.01. The molecule has 20 heavy (non-hydrogen) atoms. The number of phenolic OH excluding ortho intramolecular Hbond substituents is 1. The Hall–Kier alpha value is -2.49. The summed E-state index contributed by atoms with van der Waals surface area (Å²) in [7, 11) is 0. The first-order valence-electron chi connectivity index (χ1n) is 6.42. The Bertz CT molecular complexity index is 606. The molecular weight excluding hydrogens is 254 g/mol. The van der Waals surface area contributed by atoms with E-state index >= 15 is 0 Å². The van der Waals surface area contributed by atoms with Crippen LogP contribution >= 0.6 is 0 Å². The molecule has 0 spiro atoms. The molecule has 0 heterocycles. The number of aromatic hydroxyl groups is 1. The second-order valence-electron chi connectivity index (χ2n) is 4.70. The number of carboxylic acids is 1. The number of aryl methyl sites for hydroxylation is 1. The number of hydrogen-bond acceptors (Lipinski definition) is 3. The lowest BCUT2D eigenvalue weighted by molar-refractivity contribution is 0.0698. The lowest BCUT2D eigenvalue weighted by Gasteiger charge is -2.10. The van der Waals surface area contributed by atoms with Crippen LogP contribution in [0.3, 0.4) is 0 Å². The van der Waals surface area contributed by atoms with E-state index in [1.54, 1.807) is 24.3 Å². The third-order valence-electron chi connectivity index (χ3n) is 3.07. The maximum Gasteiger partial charge on any atom is 0.337 e. The summed E-state index contributed by atoms with van der Waals surface area (Å²) in [4.78, 5) is 11.1. The smallest absolute Gasteiger partial charge is 0.337 e. The van der Waals surface area contributed by atoms with Crippen molar-refractivity contribution in [3.8, 4) is 5.75 Å². The minimum Gasteiger partial charge on any atom is -0.508 e. The van der Waals surface area contributed by atoms with Gasteiger partial charge in [0.05, 0.1) is 5.56 Å². The zero-order chi connectivity index (χ0) is 14.5. The fraction of sp³-hybridized carbons (Fsp3) is 0.188. The van der Waals surface area contributed by atoms with Crippen LogP contribution in [0, 0.1) is 6.92 Å². The molecule has 4 heteroatoms. The molecule has 2 aromatic rings. The van der Waals surface area contributed by atoms with E-state index in [0.29, 0.717) is 12.2 Å². The van der Waals surface area contributed by atoms with E-state index in [1.165, 1.54) is 0 Å². The van der Waals surface area contributed by atoms with Gasteiger partial charge in [-0.2, -0.15) is 0 Å². The maximum absolute atomic E-state index is 11.1. The molecule has 0 radical (unpaired) electrons. The van der Waals surface area contributed by atoms with Gasteiger partial charge >= 0.3 is 5.97 Å². The highest BCUT2D eigenvalue weighted by Gasteiger charge is 2.09. The third-order valence-corrected chi connectivity index (χ3v) is 3.07. The van der Waals surface area contributed by atoms with Gasteiger partial charge in [0.2, 0.25) is 0 Å². The molecule has 4 nitrogen and oxygen atoms in total. The fourth-order valence-electron chi connectivity index (χ4n) is 1.99. The summed E-state index contributed by atoms with van der Waals surface area (Å²) in [6.45, 7) is 2.56. The Morgan fingerprint density at radius 1 is 1.15 bits per heavy atom. The third kappa shape index (κ3) is 3.51. The molecule has 0 aromatic heterocycles. The van der Waals surface area contributed by atoms with Crippen LogP contribution in [0.2, 0.25) is 0 Å². The minimum absolute atomic E-state index is 0.244. The standard InChI is InChI=1S/C16H17NO3/c1-11-2-7-14(16(19)20)15(10-11)17-9-8-12-3-5-13(18)6-4-12/h2-7,10,17-18H,8-9H2,1H3,(H,19,20). The van der Waals surface area contributed by atoms with Crippen LogP contribution in [0.25, 0.3) is 0 Å². The average molecular weight is 271 g/mol. The van der Waals surface area contributed by atoms with Gasteiger partial charge in [-0.15, -0.1) is 0 Å². The van der Waals surface area contributed by atoms with Crippen LogP contribution in [-0.4, -0.2) is 22.7 Å². The Kier molecular flexibility index (Phi) is 4.25. The van der Waals surface area contributed by atoms with E-state index in [1.807, 2.05) is 25.1 Å². The van der Waals surface area contributed by atoms with E-state index in [2.05, 4.69) is 5.32 Å². The van der Waals surface area contributed by atoms with Crippen molar-refractivity contribution in [3.05, 3.63) is 59.2 Å². The van der Waals surface area contributed by atoms with E-state index in [-0.39, 0.29) is 11.3 Å². The van der Waals surface area contributed by atoms with Gasteiger partial charge in [-0.1, -0.05) is 18.2 Å². The number of anilines is 1. The topological polar surface area (TPSA) is 69.6 Å². The number of carboxylic acid groups (broad SMARTS) is 1. The lowest BCUT2D eigenvalue weighted by Crippen LogP contribution is -2.09. The van der Waals surface area contributed by atoms with Crippen molar-refractivity contribution in [2.75, 3.05) is 11.9 Å². The number of benzene rings is 2. The second kappa shape index (κ2) is 6.10. The summed E-state index contributed by atoms with van der Waals surface area (Å²) in [5.74, 6) is -0.689. The molecule has 0 aliphatic rings. The second-order valence-corrected chi connectivity index (χ2v) is 4.70. The van der Waals surface area contributed by atoms with Gasteiger partial charge in [-0.05, 0) is 48.7 Å². The summed E-state index contributed by atoms with van der Waals surface area (Å²) < 4.78 is 0. The summed E-state index contributed by atoms with van der Waals surface area (Å²) >= 11 is 0. The van der Waals surface area contributed by atoms with Crippen LogP contribution in [-0.2, 0) is 6.42 Å². The van der Waals surface area contributed by atoms with E-state index in [4.69, 9.17) is 5.11 Å². The van der Waals surface area contributed by atoms with Crippen molar-refractivity contribution in [1.82, 2.24) is 0 Å². The highest BCUT2D eigenvalue weighted by Crippen LogP contribution is 2.18. The molecule has 104 valence electrons. The highest BCUT2D eigenvalue weighted by atomic mass is 16.4. The SMILES string of the molecule is Cc1ccc(C(=O)O)c(NCCc2ccc(O)cc2)c1. The van der Waals surface area contributed by atoms with Crippen LogP contribution in [0.5, 0.6) is 5.75 Å². The van der Waals surface area contributed by atoms with Crippen LogP contribution < -0.4 is 5.32 Å². The summed E-state index contributed by atoms with van der Waals surface area (Å²) in [5, 5.41) is 21.5. The Labute approximate surface area is 117 Å². The number of aromatic carboxylic acids is 1. The van der Waals surface area contributed by atoms with Crippen molar-refractivity contribution < 1.29 is 15.0 Å². The van der Waals surface area contributed by atoms with Crippen molar-refractivity contribution in [3.63, 3.8) is 0 Å². The van der Waals surface area contributed by atoms with Crippen LogP contribution in [0.15, 0.2) is 42.5 Å². The normalized spacial score (nSPS) is 10.2. The predicted octanol–water partition coefficient (Wildman–Crippen LogP) is 3.05. The molecular formula is C16H17NO3. The molecule has 0 unspecified atom stereocenters. The molecule has 0 saturated carbocycles. The Morgan fingerprint density at radius 2 is 1.85 bits per heavy atom. The fourth-order valence-corrected chi connectivity index (χ4v) is 1.99. The van der Waals surface area contributed by atoms with Gasteiger partial charge in [0, 0.05) is 12.2 Å². The molecule has 3 N–H and O–H groups in total. The van der Waals surface area contributed by atoms with Gasteiger partial charge in [-0.25, -0.2) is 4.79 Å². The zero-order valence-corrected chi connectivity index (χ0v) is 11.3. The number of hydrogen-bond donors (Lipinski definition) is 3. The largest absolute Gasteiger partial charge is 0.508 e. The molecule has 0 bridgehead atoms. The van der Waals surface area contributed by atoms with E-state index < -0.39 is 5.97 Å². The van der Waals surface area contributed by atoms with Crippen LogP contribution in [0.4, 0.5) is 5.69 Å². The number of carbonyl (C=O) groups is 1. The zero-order valence-electron chi connectivity index (χ0n) is 11.3. The summed E-state index contributed by atoms with van der Waals surface area (Å²) in [6, 6.07) is 12.2. The molecule has 0 amide bonds. The first-order chi connectivity index (χ1) is 9.56. The quantitative estimate of drug-likeness (QED) is 0.781. The first-order valence-corrected chi connectivity index (χ1v) is 6.42. The molecule has 0 saturated heterocycles. The highest BCUT2D eigenvalue weighted by molar-refractivity contribution is 5.94. The number of phenols is 1. The van der Waals surface area contributed by atoms with Crippen molar-refractivity contribution in [1.29, 1.82) is 0 Å². The van der Waals surface area contributed by atoms with Crippen molar-refractivity contribution in [2.45, 2.75) is 13.3 Å². The van der Waals surface area contributed by atoms with Gasteiger partial charge in [-0.3, -0.25) is 0 Å². The Morgan fingerprint density at radius 3 is 2.50 bits per heavy atom. The van der Waals surface area contributed by atoms with Gasteiger partial charge in [0.15, 0.2) is 0 Å². The number of rotatable bonds is 5. The average Bonchev–Trinajstić information content (AvgIpc) is 2.41. The maximum atomic E-state index is 11.1. The molecule has 2 aromatic carbocycles. The molecule has 0 aliphatic heterocycles.